The van der Waals surface area contributed by atoms with E-state index in [1.165, 1.54) is 0 Å². The first-order valence-electron chi connectivity index (χ1n) is 6.53. The number of nitriles is 1. The summed E-state index contributed by atoms with van der Waals surface area (Å²) in [6, 6.07) is 9.83. The molecule has 3 rings (SSSR count). The second-order valence-corrected chi connectivity index (χ2v) is 6.63. The van der Waals surface area contributed by atoms with Gasteiger partial charge in [0.05, 0.1) is 6.07 Å². The highest BCUT2D eigenvalue weighted by Gasteiger charge is 2.78. The van der Waals surface area contributed by atoms with Crippen LogP contribution < -0.4 is 4.74 Å². The molecule has 0 radical (unpaired) electrons. The number of nitrogens with zero attached hydrogens (tertiary/aromatic N) is 1. The zero-order valence-electron chi connectivity index (χ0n) is 11.7. The Morgan fingerprint density at radius 1 is 1.21 bits per heavy atom. The van der Waals surface area contributed by atoms with Crippen molar-refractivity contribution in [1.29, 1.82) is 5.26 Å². The highest BCUT2D eigenvalue weighted by molar-refractivity contribution is 5.89. The maximum absolute atomic E-state index is 12.4. The monoisotopic (exact) mass is 255 g/mol. The third-order valence-electron chi connectivity index (χ3n) is 5.68. The smallest absolute Gasteiger partial charge is 0.333 e. The molecule has 19 heavy (non-hydrogen) atoms. The summed E-state index contributed by atoms with van der Waals surface area (Å²) in [5.41, 5.74) is -0.624. The predicted octanol–water partition coefficient (Wildman–Crippen LogP) is 3.27. The first-order valence-corrected chi connectivity index (χ1v) is 6.53. The van der Waals surface area contributed by atoms with Crippen LogP contribution >= 0.6 is 0 Å². The van der Waals surface area contributed by atoms with Crippen molar-refractivity contribution < 1.29 is 9.53 Å². The molecule has 3 nitrogen and oxygen atoms in total. The van der Waals surface area contributed by atoms with Crippen LogP contribution in [-0.4, -0.2) is 5.97 Å². The molecule has 1 fully saturated rings. The van der Waals surface area contributed by atoms with Crippen molar-refractivity contribution in [1.82, 2.24) is 0 Å². The molecule has 1 aliphatic carbocycles. The lowest BCUT2D eigenvalue weighted by Gasteiger charge is -2.69. The van der Waals surface area contributed by atoms with Crippen LogP contribution in [0.2, 0.25) is 0 Å². The Kier molecular flexibility index (Phi) is 2.05. The minimum atomic E-state index is -1.06. The van der Waals surface area contributed by atoms with E-state index in [0.717, 1.165) is 5.56 Å². The van der Waals surface area contributed by atoms with Gasteiger partial charge in [0.25, 0.3) is 0 Å². The summed E-state index contributed by atoms with van der Waals surface area (Å²) in [7, 11) is 0. The lowest BCUT2D eigenvalue weighted by molar-refractivity contribution is -0.206. The van der Waals surface area contributed by atoms with Gasteiger partial charge in [0.2, 0.25) is 0 Å². The van der Waals surface area contributed by atoms with Crippen LogP contribution in [0.15, 0.2) is 24.3 Å². The fraction of sp³-hybridized carbons (Fsp3) is 0.500. The number of rotatable bonds is 0. The van der Waals surface area contributed by atoms with Crippen molar-refractivity contribution in [3.8, 4) is 11.8 Å². The van der Waals surface area contributed by atoms with E-state index in [1.807, 2.05) is 32.0 Å². The zero-order valence-corrected chi connectivity index (χ0v) is 11.7. The number of ether oxygens (including phenoxy) is 1. The summed E-state index contributed by atoms with van der Waals surface area (Å²) in [5.74, 6) is 0.104. The van der Waals surface area contributed by atoms with Crippen molar-refractivity contribution in [3.05, 3.63) is 29.8 Å². The maximum Gasteiger partial charge on any atom is 0.333 e. The van der Waals surface area contributed by atoms with Crippen LogP contribution in [0.4, 0.5) is 0 Å². The van der Waals surface area contributed by atoms with Crippen molar-refractivity contribution in [2.24, 2.45) is 16.2 Å². The number of hydrogen-bond donors (Lipinski definition) is 0. The molecule has 2 aliphatic rings. The quantitative estimate of drug-likeness (QED) is 0.528. The van der Waals surface area contributed by atoms with Gasteiger partial charge in [-0.05, 0) is 11.5 Å². The number of esters is 1. The van der Waals surface area contributed by atoms with Gasteiger partial charge in [-0.3, -0.25) is 0 Å². The molecule has 1 heterocycles. The predicted molar refractivity (Wildman–Crippen MR) is 70.4 cm³/mol. The molecule has 0 saturated heterocycles. The van der Waals surface area contributed by atoms with Crippen LogP contribution in [0.5, 0.6) is 5.75 Å². The highest BCUT2D eigenvalue weighted by atomic mass is 16.5. The normalized spacial score (nSPS) is 33.2. The van der Waals surface area contributed by atoms with E-state index in [1.54, 1.807) is 6.07 Å². The van der Waals surface area contributed by atoms with Crippen LogP contribution in [0, 0.1) is 27.6 Å². The molecule has 1 saturated carbocycles. The van der Waals surface area contributed by atoms with Gasteiger partial charge >= 0.3 is 5.97 Å². The van der Waals surface area contributed by atoms with Gasteiger partial charge in [0.1, 0.15) is 5.75 Å². The van der Waals surface area contributed by atoms with E-state index in [2.05, 4.69) is 19.9 Å². The molecule has 98 valence electrons. The van der Waals surface area contributed by atoms with Crippen LogP contribution in [0.25, 0.3) is 0 Å². The molecule has 0 bridgehead atoms. The third kappa shape index (κ3) is 1.03. The molecule has 1 aromatic rings. The Bertz CT molecular complexity index is 624. The number of benzene rings is 1. The van der Waals surface area contributed by atoms with Crippen molar-refractivity contribution >= 4 is 5.97 Å². The molecule has 1 aliphatic heterocycles. The summed E-state index contributed by atoms with van der Waals surface area (Å²) in [6.07, 6.45) is 0. The fourth-order valence-electron chi connectivity index (χ4n) is 3.93. The van der Waals surface area contributed by atoms with Gasteiger partial charge in [0, 0.05) is 16.9 Å². The van der Waals surface area contributed by atoms with E-state index >= 15 is 0 Å². The minimum Gasteiger partial charge on any atom is -0.425 e. The average Bonchev–Trinajstić information content (AvgIpc) is 2.36. The molecule has 0 spiro atoms. The Labute approximate surface area is 113 Å². The highest BCUT2D eigenvalue weighted by Crippen LogP contribution is 2.77. The Hall–Kier alpha value is -1.82. The van der Waals surface area contributed by atoms with Gasteiger partial charge in [0.15, 0.2) is 5.41 Å². The molecule has 2 unspecified atom stereocenters. The average molecular weight is 255 g/mol. The number of hydrogen-bond acceptors (Lipinski definition) is 3. The van der Waals surface area contributed by atoms with Crippen LogP contribution in [0.3, 0.4) is 0 Å². The largest absolute Gasteiger partial charge is 0.425 e. The molecule has 3 heteroatoms. The minimum absolute atomic E-state index is 0.0996. The molecule has 2 atom stereocenters. The van der Waals surface area contributed by atoms with E-state index in [-0.39, 0.29) is 11.3 Å². The zero-order chi connectivity index (χ0) is 14.1. The van der Waals surface area contributed by atoms with E-state index in [0.29, 0.717) is 5.75 Å². The first kappa shape index (κ1) is 12.2. The third-order valence-corrected chi connectivity index (χ3v) is 5.68. The van der Waals surface area contributed by atoms with Gasteiger partial charge in [-0.2, -0.15) is 5.26 Å². The van der Waals surface area contributed by atoms with Crippen molar-refractivity contribution in [3.63, 3.8) is 0 Å². The Balaban J connectivity index is 2.30. The van der Waals surface area contributed by atoms with Gasteiger partial charge < -0.3 is 4.74 Å². The molecule has 0 aromatic heterocycles. The Morgan fingerprint density at radius 3 is 2.47 bits per heavy atom. The Morgan fingerprint density at radius 2 is 1.84 bits per heavy atom. The lowest BCUT2D eigenvalue weighted by Crippen LogP contribution is -2.71. The van der Waals surface area contributed by atoms with Crippen LogP contribution in [0.1, 0.15) is 39.2 Å². The summed E-state index contributed by atoms with van der Waals surface area (Å²) >= 11 is 0. The van der Waals surface area contributed by atoms with Crippen molar-refractivity contribution in [2.45, 2.75) is 33.6 Å². The second kappa shape index (κ2) is 3.19. The molecular formula is C16H17NO2. The maximum atomic E-state index is 12.4. The van der Waals surface area contributed by atoms with Crippen LogP contribution in [-0.2, 0) is 4.79 Å². The van der Waals surface area contributed by atoms with E-state index < -0.39 is 16.8 Å². The van der Waals surface area contributed by atoms with Crippen molar-refractivity contribution in [2.75, 3.05) is 0 Å². The molecule has 1 aromatic carbocycles. The summed E-state index contributed by atoms with van der Waals surface area (Å²) in [4.78, 5) is 12.4. The lowest BCUT2D eigenvalue weighted by atomic mass is 9.32. The van der Waals surface area contributed by atoms with Gasteiger partial charge in [-0.25, -0.2) is 4.79 Å². The van der Waals surface area contributed by atoms with Gasteiger partial charge in [-0.15, -0.1) is 0 Å². The topological polar surface area (TPSA) is 50.1 Å². The number of para-hydroxylation sites is 1. The number of fused-ring (bicyclic) bond motifs is 3. The summed E-state index contributed by atoms with van der Waals surface area (Å²) in [6.45, 7) is 8.23. The van der Waals surface area contributed by atoms with Gasteiger partial charge in [-0.1, -0.05) is 45.9 Å². The van der Waals surface area contributed by atoms with E-state index in [9.17, 15) is 10.1 Å². The molecular weight excluding hydrogens is 238 g/mol. The second-order valence-electron chi connectivity index (χ2n) is 6.63. The summed E-state index contributed by atoms with van der Waals surface area (Å²) in [5, 5.41) is 9.68. The standard InChI is InChI=1S/C16H17NO2/c1-14(2)12-10-7-5-6-8-11(10)19-13(18)16(12,9-17)15(14,3)4/h5-8,12H,1-4H3. The number of carbonyl (C=O) groups is 1. The fourth-order valence-corrected chi connectivity index (χ4v) is 3.93. The first-order chi connectivity index (χ1) is 8.80. The molecule has 0 N–H and O–H groups in total. The number of carbonyl (C=O) groups excluding carboxylic acids is 1. The summed E-state index contributed by atoms with van der Waals surface area (Å²) < 4.78 is 5.43. The van der Waals surface area contributed by atoms with E-state index in [4.69, 9.17) is 4.74 Å². The SMILES string of the molecule is CC1(C)C2c3ccccc3OC(=O)C2(C#N)C1(C)C. The molecule has 0 amide bonds.